The standard InChI is InChI=1S/C10H17NO3/c1-3-11-8(4-6-9(11)12)5-7-10(13)14-2/h8H,3-7H2,1-2H3/t8-/m0/s1. The maximum Gasteiger partial charge on any atom is 0.305 e. The predicted octanol–water partition coefficient (Wildman–Crippen LogP) is 0.950. The Morgan fingerprint density at radius 3 is 2.93 bits per heavy atom. The topological polar surface area (TPSA) is 46.6 Å². The molecule has 0 aromatic rings. The van der Waals surface area contributed by atoms with Gasteiger partial charge in [0.2, 0.25) is 5.91 Å². The molecule has 0 saturated carbocycles. The largest absolute Gasteiger partial charge is 0.469 e. The van der Waals surface area contributed by atoms with E-state index in [0.29, 0.717) is 12.8 Å². The maximum absolute atomic E-state index is 11.3. The molecule has 0 aliphatic carbocycles. The molecule has 80 valence electrons. The molecule has 1 heterocycles. The van der Waals surface area contributed by atoms with Crippen molar-refractivity contribution in [1.82, 2.24) is 4.90 Å². The molecule has 0 aromatic carbocycles. The van der Waals surface area contributed by atoms with Crippen LogP contribution in [0.3, 0.4) is 0 Å². The SMILES string of the molecule is CCN1C(=O)CC[C@H]1CCC(=O)OC. The van der Waals surface area contributed by atoms with Crippen LogP contribution in [0.4, 0.5) is 0 Å². The van der Waals surface area contributed by atoms with Crippen LogP contribution in [0.15, 0.2) is 0 Å². The highest BCUT2D eigenvalue weighted by Crippen LogP contribution is 2.22. The number of amides is 1. The Bertz CT molecular complexity index is 227. The molecule has 0 N–H and O–H groups in total. The number of hydrogen-bond donors (Lipinski definition) is 0. The molecule has 1 aliphatic rings. The minimum absolute atomic E-state index is 0.194. The van der Waals surface area contributed by atoms with Crippen LogP contribution in [-0.4, -0.2) is 36.5 Å². The molecule has 1 rings (SSSR count). The third kappa shape index (κ3) is 2.47. The molecule has 1 saturated heterocycles. The van der Waals surface area contributed by atoms with Crippen molar-refractivity contribution in [3.63, 3.8) is 0 Å². The van der Waals surface area contributed by atoms with Crippen LogP contribution < -0.4 is 0 Å². The van der Waals surface area contributed by atoms with Crippen LogP contribution in [-0.2, 0) is 14.3 Å². The smallest absolute Gasteiger partial charge is 0.305 e. The van der Waals surface area contributed by atoms with Gasteiger partial charge in [-0.2, -0.15) is 0 Å². The van der Waals surface area contributed by atoms with Crippen LogP contribution in [0.1, 0.15) is 32.6 Å². The highest BCUT2D eigenvalue weighted by Gasteiger charge is 2.29. The molecule has 0 aromatic heterocycles. The van der Waals surface area contributed by atoms with Gasteiger partial charge in [-0.15, -0.1) is 0 Å². The van der Waals surface area contributed by atoms with Crippen LogP contribution in [0.2, 0.25) is 0 Å². The van der Waals surface area contributed by atoms with Crippen molar-refractivity contribution >= 4 is 11.9 Å². The number of carbonyl (C=O) groups excluding carboxylic acids is 2. The van der Waals surface area contributed by atoms with Gasteiger partial charge in [0, 0.05) is 25.4 Å². The van der Waals surface area contributed by atoms with E-state index in [1.54, 1.807) is 0 Å². The van der Waals surface area contributed by atoms with Crippen molar-refractivity contribution in [1.29, 1.82) is 0 Å². The Labute approximate surface area is 84.2 Å². The van der Waals surface area contributed by atoms with Gasteiger partial charge < -0.3 is 9.64 Å². The molecular weight excluding hydrogens is 182 g/mol. The Morgan fingerprint density at radius 1 is 1.64 bits per heavy atom. The first-order valence-corrected chi connectivity index (χ1v) is 5.05. The first-order valence-electron chi connectivity index (χ1n) is 5.05. The van der Waals surface area contributed by atoms with Crippen molar-refractivity contribution in [2.75, 3.05) is 13.7 Å². The summed E-state index contributed by atoms with van der Waals surface area (Å²) in [6.45, 7) is 2.71. The van der Waals surface area contributed by atoms with E-state index < -0.39 is 0 Å². The predicted molar refractivity (Wildman–Crippen MR) is 51.7 cm³/mol. The first-order chi connectivity index (χ1) is 6.69. The number of nitrogens with zero attached hydrogens (tertiary/aromatic N) is 1. The average Bonchev–Trinajstić information content (AvgIpc) is 2.55. The fourth-order valence-corrected chi connectivity index (χ4v) is 1.91. The molecule has 1 fully saturated rings. The highest BCUT2D eigenvalue weighted by molar-refractivity contribution is 5.78. The number of rotatable bonds is 4. The van der Waals surface area contributed by atoms with Gasteiger partial charge in [-0.25, -0.2) is 0 Å². The minimum Gasteiger partial charge on any atom is -0.469 e. The summed E-state index contributed by atoms with van der Waals surface area (Å²) in [6, 6.07) is 0.242. The Balaban J connectivity index is 2.37. The number of hydrogen-bond acceptors (Lipinski definition) is 3. The molecule has 0 bridgehead atoms. The molecule has 4 heteroatoms. The lowest BCUT2D eigenvalue weighted by molar-refractivity contribution is -0.141. The van der Waals surface area contributed by atoms with Crippen molar-refractivity contribution in [2.45, 2.75) is 38.6 Å². The summed E-state index contributed by atoms with van der Waals surface area (Å²) in [5.74, 6) is 0.0165. The summed E-state index contributed by atoms with van der Waals surface area (Å²) in [7, 11) is 1.39. The van der Waals surface area contributed by atoms with Crippen LogP contribution in [0.25, 0.3) is 0 Å². The number of carbonyl (C=O) groups is 2. The molecule has 0 spiro atoms. The average molecular weight is 199 g/mol. The summed E-state index contributed by atoms with van der Waals surface area (Å²) in [6.07, 6.45) is 2.64. The van der Waals surface area contributed by atoms with Crippen LogP contribution in [0.5, 0.6) is 0 Å². The Morgan fingerprint density at radius 2 is 2.36 bits per heavy atom. The molecule has 0 unspecified atom stereocenters. The summed E-state index contributed by atoms with van der Waals surface area (Å²) < 4.78 is 4.56. The van der Waals surface area contributed by atoms with E-state index in [-0.39, 0.29) is 17.9 Å². The summed E-state index contributed by atoms with van der Waals surface area (Å²) in [5, 5.41) is 0. The fraction of sp³-hybridized carbons (Fsp3) is 0.800. The van der Waals surface area contributed by atoms with Crippen LogP contribution >= 0.6 is 0 Å². The molecule has 1 atom stereocenters. The van der Waals surface area contributed by atoms with E-state index in [1.807, 2.05) is 11.8 Å². The second kappa shape index (κ2) is 4.98. The van der Waals surface area contributed by atoms with Gasteiger partial charge >= 0.3 is 5.97 Å². The molecule has 14 heavy (non-hydrogen) atoms. The summed E-state index contributed by atoms with van der Waals surface area (Å²) in [5.41, 5.74) is 0. The van der Waals surface area contributed by atoms with E-state index in [4.69, 9.17) is 0 Å². The van der Waals surface area contributed by atoms with Crippen molar-refractivity contribution in [2.24, 2.45) is 0 Å². The summed E-state index contributed by atoms with van der Waals surface area (Å²) in [4.78, 5) is 24.1. The zero-order chi connectivity index (χ0) is 10.6. The Kier molecular flexibility index (Phi) is 3.92. The Hall–Kier alpha value is -1.06. The van der Waals surface area contributed by atoms with E-state index in [0.717, 1.165) is 19.4 Å². The molecule has 1 aliphatic heterocycles. The molecule has 4 nitrogen and oxygen atoms in total. The van der Waals surface area contributed by atoms with Crippen molar-refractivity contribution in [3.05, 3.63) is 0 Å². The van der Waals surface area contributed by atoms with E-state index in [2.05, 4.69) is 4.74 Å². The van der Waals surface area contributed by atoms with Gasteiger partial charge in [-0.05, 0) is 19.8 Å². The van der Waals surface area contributed by atoms with Gasteiger partial charge in [-0.1, -0.05) is 0 Å². The second-order valence-electron chi connectivity index (χ2n) is 3.49. The number of methoxy groups -OCH3 is 1. The van der Waals surface area contributed by atoms with Gasteiger partial charge in [-0.3, -0.25) is 9.59 Å². The van der Waals surface area contributed by atoms with E-state index >= 15 is 0 Å². The highest BCUT2D eigenvalue weighted by atomic mass is 16.5. The zero-order valence-corrected chi connectivity index (χ0v) is 8.78. The minimum atomic E-state index is -0.194. The third-order valence-corrected chi connectivity index (χ3v) is 2.70. The lowest BCUT2D eigenvalue weighted by Crippen LogP contribution is -2.33. The van der Waals surface area contributed by atoms with E-state index in [1.165, 1.54) is 7.11 Å². The lowest BCUT2D eigenvalue weighted by atomic mass is 10.1. The number of ether oxygens (including phenoxy) is 1. The number of likely N-dealkylation sites (tertiary alicyclic amines) is 1. The quantitative estimate of drug-likeness (QED) is 0.633. The van der Waals surface area contributed by atoms with Gasteiger partial charge in [0.1, 0.15) is 0 Å². The first kappa shape index (κ1) is 11.0. The number of esters is 1. The third-order valence-electron chi connectivity index (χ3n) is 2.70. The fourth-order valence-electron chi connectivity index (χ4n) is 1.91. The molecular formula is C10H17NO3. The van der Waals surface area contributed by atoms with Crippen LogP contribution in [0, 0.1) is 0 Å². The van der Waals surface area contributed by atoms with Crippen molar-refractivity contribution in [3.8, 4) is 0 Å². The maximum atomic E-state index is 11.3. The molecule has 1 amide bonds. The van der Waals surface area contributed by atoms with Gasteiger partial charge in [0.15, 0.2) is 0 Å². The summed E-state index contributed by atoms with van der Waals surface area (Å²) >= 11 is 0. The molecule has 0 radical (unpaired) electrons. The monoisotopic (exact) mass is 199 g/mol. The zero-order valence-electron chi connectivity index (χ0n) is 8.78. The van der Waals surface area contributed by atoms with Gasteiger partial charge in [0.25, 0.3) is 0 Å². The van der Waals surface area contributed by atoms with E-state index in [9.17, 15) is 9.59 Å². The van der Waals surface area contributed by atoms with Gasteiger partial charge in [0.05, 0.1) is 7.11 Å². The normalized spacial score (nSPS) is 21.4. The second-order valence-corrected chi connectivity index (χ2v) is 3.49. The lowest BCUT2D eigenvalue weighted by Gasteiger charge is -2.22. The van der Waals surface area contributed by atoms with Crippen molar-refractivity contribution < 1.29 is 14.3 Å².